The first-order valence-corrected chi connectivity index (χ1v) is 8.86. The summed E-state index contributed by atoms with van der Waals surface area (Å²) in [6, 6.07) is 10.7. The molecule has 0 radical (unpaired) electrons. The summed E-state index contributed by atoms with van der Waals surface area (Å²) in [6.45, 7) is 3.50. The van der Waals surface area contributed by atoms with Crippen LogP contribution in [0.2, 0.25) is 0 Å². The third-order valence-electron chi connectivity index (χ3n) is 4.92. The number of hydrogen-bond acceptors (Lipinski definition) is 3. The van der Waals surface area contributed by atoms with E-state index in [4.69, 9.17) is 9.73 Å². The van der Waals surface area contributed by atoms with E-state index in [0.717, 1.165) is 31.0 Å². The van der Waals surface area contributed by atoms with Gasteiger partial charge in [0.05, 0.1) is 30.5 Å². The van der Waals surface area contributed by atoms with Crippen LogP contribution in [-0.2, 0) is 11.3 Å². The zero-order valence-electron chi connectivity index (χ0n) is 14.4. The Morgan fingerprint density at radius 2 is 2.16 bits per heavy atom. The molecule has 2 N–H and O–H groups in total. The molecule has 0 spiro atoms. The number of ether oxygens (including phenoxy) is 1. The molecule has 3 heterocycles. The van der Waals surface area contributed by atoms with Crippen molar-refractivity contribution in [1.29, 1.82) is 0 Å². The fourth-order valence-corrected chi connectivity index (χ4v) is 3.75. The maximum absolute atomic E-state index is 5.93. The van der Waals surface area contributed by atoms with Crippen molar-refractivity contribution in [2.24, 2.45) is 4.99 Å². The summed E-state index contributed by atoms with van der Waals surface area (Å²) in [5.41, 5.74) is 1.01. The van der Waals surface area contributed by atoms with Gasteiger partial charge in [0.25, 0.3) is 0 Å². The zero-order valence-corrected chi connectivity index (χ0v) is 16.8. The topological polar surface area (TPSA) is 58.5 Å². The second-order valence-corrected chi connectivity index (χ2v) is 6.53. The van der Waals surface area contributed by atoms with Crippen LogP contribution >= 0.6 is 24.0 Å². The molecule has 3 unspecified atom stereocenters. The Bertz CT molecular complexity index is 746. The molecular formula is C19H25IN4O. The lowest BCUT2D eigenvalue weighted by Gasteiger charge is -2.22. The van der Waals surface area contributed by atoms with Crippen molar-refractivity contribution < 1.29 is 4.74 Å². The lowest BCUT2D eigenvalue weighted by Crippen LogP contribution is -2.47. The number of rotatable bonds is 4. The molecule has 1 aromatic carbocycles. The molecule has 134 valence electrons. The summed E-state index contributed by atoms with van der Waals surface area (Å²) in [7, 11) is 0. The minimum Gasteiger partial charge on any atom is -0.373 e. The number of fused-ring (bicyclic) bond motifs is 3. The molecule has 2 bridgehead atoms. The summed E-state index contributed by atoms with van der Waals surface area (Å²) in [5, 5.41) is 9.27. The molecule has 2 aromatic rings. The predicted molar refractivity (Wildman–Crippen MR) is 111 cm³/mol. The molecular weight excluding hydrogens is 427 g/mol. The Labute approximate surface area is 165 Å². The Balaban J connectivity index is 0.00000182. The molecule has 6 heteroatoms. The molecule has 3 atom stereocenters. The molecule has 2 aliphatic heterocycles. The number of pyridine rings is 1. The number of aliphatic imine (C=N–C) groups is 1. The van der Waals surface area contributed by atoms with E-state index in [0.29, 0.717) is 24.8 Å². The molecule has 0 aliphatic carbocycles. The van der Waals surface area contributed by atoms with Gasteiger partial charge in [-0.1, -0.05) is 24.3 Å². The summed E-state index contributed by atoms with van der Waals surface area (Å²) in [6.07, 6.45) is 6.09. The van der Waals surface area contributed by atoms with Crippen LogP contribution in [0, 0.1) is 0 Å². The van der Waals surface area contributed by atoms with Gasteiger partial charge >= 0.3 is 0 Å². The van der Waals surface area contributed by atoms with Gasteiger partial charge in [-0.05, 0) is 37.6 Å². The molecule has 2 aliphatic rings. The third-order valence-corrected chi connectivity index (χ3v) is 4.92. The molecule has 25 heavy (non-hydrogen) atoms. The van der Waals surface area contributed by atoms with Gasteiger partial charge in [-0.15, -0.1) is 24.0 Å². The van der Waals surface area contributed by atoms with Crippen molar-refractivity contribution in [3.05, 3.63) is 42.2 Å². The van der Waals surface area contributed by atoms with Crippen molar-refractivity contribution in [1.82, 2.24) is 15.6 Å². The first-order chi connectivity index (χ1) is 11.8. The maximum Gasteiger partial charge on any atom is 0.191 e. The molecule has 5 nitrogen and oxygen atoms in total. The van der Waals surface area contributed by atoms with Gasteiger partial charge in [0.15, 0.2) is 5.96 Å². The van der Waals surface area contributed by atoms with Crippen LogP contribution < -0.4 is 10.6 Å². The van der Waals surface area contributed by atoms with E-state index in [9.17, 15) is 0 Å². The fraction of sp³-hybridized carbons (Fsp3) is 0.474. The van der Waals surface area contributed by atoms with Crippen LogP contribution in [-0.4, -0.2) is 35.7 Å². The van der Waals surface area contributed by atoms with E-state index in [-0.39, 0.29) is 24.0 Å². The number of aromatic nitrogens is 1. The van der Waals surface area contributed by atoms with E-state index in [1.165, 1.54) is 17.2 Å². The normalized spacial score (nSPS) is 25.0. The van der Waals surface area contributed by atoms with E-state index in [2.05, 4.69) is 40.7 Å². The maximum atomic E-state index is 5.93. The summed E-state index contributed by atoms with van der Waals surface area (Å²) >= 11 is 0. The van der Waals surface area contributed by atoms with Crippen molar-refractivity contribution in [3.8, 4) is 0 Å². The van der Waals surface area contributed by atoms with Crippen molar-refractivity contribution in [2.45, 2.75) is 51.0 Å². The fourth-order valence-electron chi connectivity index (χ4n) is 3.75. The Morgan fingerprint density at radius 3 is 2.92 bits per heavy atom. The van der Waals surface area contributed by atoms with Crippen LogP contribution in [0.3, 0.4) is 0 Å². The van der Waals surface area contributed by atoms with Gasteiger partial charge in [0.2, 0.25) is 0 Å². The largest absolute Gasteiger partial charge is 0.373 e. The van der Waals surface area contributed by atoms with Gasteiger partial charge in [-0.3, -0.25) is 4.98 Å². The molecule has 2 fully saturated rings. The lowest BCUT2D eigenvalue weighted by molar-refractivity contribution is 0.0992. The minimum absolute atomic E-state index is 0. The summed E-state index contributed by atoms with van der Waals surface area (Å²) in [5.74, 6) is 0.855. The highest BCUT2D eigenvalue weighted by molar-refractivity contribution is 14.0. The summed E-state index contributed by atoms with van der Waals surface area (Å²) < 4.78 is 5.93. The highest BCUT2D eigenvalue weighted by Crippen LogP contribution is 2.34. The van der Waals surface area contributed by atoms with Crippen molar-refractivity contribution in [3.63, 3.8) is 0 Å². The van der Waals surface area contributed by atoms with E-state index < -0.39 is 0 Å². The van der Waals surface area contributed by atoms with Crippen molar-refractivity contribution >= 4 is 40.7 Å². The van der Waals surface area contributed by atoms with Gasteiger partial charge < -0.3 is 15.4 Å². The number of halogens is 1. The number of hydrogen-bond donors (Lipinski definition) is 2. The predicted octanol–water partition coefficient (Wildman–Crippen LogP) is 3.23. The Hall–Kier alpha value is -1.41. The lowest BCUT2D eigenvalue weighted by atomic mass is 9.96. The first kappa shape index (κ1) is 18.4. The highest BCUT2D eigenvalue weighted by atomic mass is 127. The third kappa shape index (κ3) is 4.06. The quantitative estimate of drug-likeness (QED) is 0.425. The van der Waals surface area contributed by atoms with Crippen LogP contribution in [0.5, 0.6) is 0 Å². The number of nitrogens with one attached hydrogen (secondary N) is 2. The molecule has 2 saturated heterocycles. The van der Waals surface area contributed by atoms with Gasteiger partial charge in [0, 0.05) is 18.1 Å². The number of guanidine groups is 1. The first-order valence-electron chi connectivity index (χ1n) is 8.86. The second kappa shape index (κ2) is 8.31. The molecule has 0 amide bonds. The molecule has 4 rings (SSSR count). The minimum atomic E-state index is 0. The van der Waals surface area contributed by atoms with Crippen LogP contribution in [0.15, 0.2) is 41.5 Å². The monoisotopic (exact) mass is 452 g/mol. The highest BCUT2D eigenvalue weighted by Gasteiger charge is 2.41. The Kier molecular flexibility index (Phi) is 6.11. The zero-order chi connectivity index (χ0) is 16.4. The smallest absolute Gasteiger partial charge is 0.191 e. The van der Waals surface area contributed by atoms with Gasteiger partial charge in [-0.2, -0.15) is 0 Å². The number of nitrogens with zero attached hydrogens (tertiary/aromatic N) is 2. The van der Waals surface area contributed by atoms with E-state index in [1.54, 1.807) is 0 Å². The summed E-state index contributed by atoms with van der Waals surface area (Å²) in [4.78, 5) is 9.28. The molecule has 1 aromatic heterocycles. The SMILES string of the molecule is CCNC(=NCc1nccc2ccccc12)NC1CC2CCC1O2.I. The standard InChI is InChI=1S/C19H24N4O.HI/c1-2-20-19(23-16-11-14-7-8-18(16)24-14)22-12-17-15-6-4-3-5-13(15)9-10-21-17;/h3-6,9-10,14,16,18H,2,7-8,11-12H2,1H3,(H2,20,22,23);1H. The Morgan fingerprint density at radius 1 is 1.28 bits per heavy atom. The second-order valence-electron chi connectivity index (χ2n) is 6.53. The average molecular weight is 452 g/mol. The van der Waals surface area contributed by atoms with E-state index in [1.807, 2.05) is 18.3 Å². The van der Waals surface area contributed by atoms with E-state index >= 15 is 0 Å². The van der Waals surface area contributed by atoms with Gasteiger partial charge in [0.1, 0.15) is 0 Å². The van der Waals surface area contributed by atoms with Gasteiger partial charge in [-0.25, -0.2) is 4.99 Å². The van der Waals surface area contributed by atoms with Crippen molar-refractivity contribution in [2.75, 3.05) is 6.54 Å². The number of benzene rings is 1. The van der Waals surface area contributed by atoms with Crippen LogP contribution in [0.4, 0.5) is 0 Å². The molecule has 0 saturated carbocycles. The van der Waals surface area contributed by atoms with Crippen LogP contribution in [0.25, 0.3) is 10.8 Å². The average Bonchev–Trinajstić information content (AvgIpc) is 3.23. The van der Waals surface area contributed by atoms with Crippen LogP contribution in [0.1, 0.15) is 31.9 Å².